The maximum absolute atomic E-state index is 13.0. The van der Waals surface area contributed by atoms with Gasteiger partial charge in [0.05, 0.1) is 0 Å². The van der Waals surface area contributed by atoms with Gasteiger partial charge in [0.2, 0.25) is 0 Å². The molecule has 0 fully saturated rings. The number of rotatable bonds is 3. The van der Waals surface area contributed by atoms with Gasteiger partial charge in [-0.05, 0) is 30.7 Å². The van der Waals surface area contributed by atoms with Crippen LogP contribution in [-0.2, 0) is 5.75 Å². The number of aryl methyl sites for hydroxylation is 1. The quantitative estimate of drug-likeness (QED) is 0.808. The highest BCUT2D eigenvalue weighted by atomic mass is 32.2. The summed E-state index contributed by atoms with van der Waals surface area (Å²) in [5.41, 5.74) is 2.14. The fraction of sp³-hybridized carbons (Fsp3) is 0.182. The van der Waals surface area contributed by atoms with E-state index in [0.29, 0.717) is 0 Å². The molecule has 0 saturated carbocycles. The molecule has 0 bridgehead atoms. The second-order valence-corrected chi connectivity index (χ2v) is 4.30. The van der Waals surface area contributed by atoms with Crippen molar-refractivity contribution >= 4 is 11.8 Å². The summed E-state index contributed by atoms with van der Waals surface area (Å²) in [5.74, 6) is 0.595. The Kier molecular flexibility index (Phi) is 3.06. The highest BCUT2D eigenvalue weighted by Gasteiger charge is 2.02. The van der Waals surface area contributed by atoms with Gasteiger partial charge in [-0.3, -0.25) is 5.10 Å². The third kappa shape index (κ3) is 2.59. The molecule has 0 radical (unpaired) electrons. The smallest absolute Gasteiger partial charge is 0.124 e. The van der Waals surface area contributed by atoms with E-state index >= 15 is 0 Å². The van der Waals surface area contributed by atoms with Crippen LogP contribution in [-0.4, -0.2) is 10.2 Å². The van der Waals surface area contributed by atoms with Crippen LogP contribution in [0.2, 0.25) is 0 Å². The lowest BCUT2D eigenvalue weighted by atomic mass is 10.2. The molecule has 0 spiro atoms. The van der Waals surface area contributed by atoms with Crippen molar-refractivity contribution in [1.82, 2.24) is 10.2 Å². The summed E-state index contributed by atoms with van der Waals surface area (Å²) in [6, 6.07) is 6.76. The van der Waals surface area contributed by atoms with Crippen LogP contribution in [0, 0.1) is 12.7 Å². The van der Waals surface area contributed by atoms with Crippen LogP contribution >= 0.6 is 11.8 Å². The summed E-state index contributed by atoms with van der Waals surface area (Å²) in [4.78, 5) is 0.976. The fourth-order valence-corrected chi connectivity index (χ4v) is 2.21. The topological polar surface area (TPSA) is 28.7 Å². The van der Waals surface area contributed by atoms with Crippen LogP contribution < -0.4 is 0 Å². The van der Waals surface area contributed by atoms with Crippen LogP contribution in [0.4, 0.5) is 4.39 Å². The Labute approximate surface area is 91.9 Å². The van der Waals surface area contributed by atoms with Crippen LogP contribution in [0.15, 0.2) is 35.4 Å². The lowest BCUT2D eigenvalue weighted by molar-refractivity contribution is 0.623. The number of aromatic nitrogens is 2. The van der Waals surface area contributed by atoms with Crippen molar-refractivity contribution in [3.05, 3.63) is 47.5 Å². The van der Waals surface area contributed by atoms with Crippen molar-refractivity contribution in [1.29, 1.82) is 0 Å². The molecule has 15 heavy (non-hydrogen) atoms. The molecule has 1 aromatic carbocycles. The molecule has 1 aromatic heterocycles. The van der Waals surface area contributed by atoms with E-state index in [2.05, 4.69) is 10.2 Å². The summed E-state index contributed by atoms with van der Waals surface area (Å²) in [7, 11) is 0. The van der Waals surface area contributed by atoms with Crippen LogP contribution in [0.3, 0.4) is 0 Å². The lowest BCUT2D eigenvalue weighted by Gasteiger charge is -2.04. The Bertz CT molecular complexity index is 440. The van der Waals surface area contributed by atoms with E-state index in [9.17, 15) is 4.39 Å². The Morgan fingerprint density at radius 1 is 1.40 bits per heavy atom. The highest BCUT2D eigenvalue weighted by molar-refractivity contribution is 7.98. The van der Waals surface area contributed by atoms with E-state index in [1.54, 1.807) is 30.1 Å². The molecule has 2 aromatic rings. The number of halogens is 1. The van der Waals surface area contributed by atoms with Crippen molar-refractivity contribution < 1.29 is 4.39 Å². The largest absolute Gasteiger partial charge is 0.282 e. The molecule has 0 aliphatic carbocycles. The SMILES string of the molecule is Cc1ccc(F)cc1SCc1ccn[nH]1. The van der Waals surface area contributed by atoms with Gasteiger partial charge in [-0.1, -0.05) is 6.07 Å². The normalized spacial score (nSPS) is 10.5. The first-order valence-electron chi connectivity index (χ1n) is 4.63. The molecule has 2 nitrogen and oxygen atoms in total. The Morgan fingerprint density at radius 2 is 2.27 bits per heavy atom. The van der Waals surface area contributed by atoms with E-state index in [-0.39, 0.29) is 5.82 Å². The molecule has 1 N–H and O–H groups in total. The number of aromatic amines is 1. The van der Waals surface area contributed by atoms with Gasteiger partial charge in [0.1, 0.15) is 5.82 Å². The van der Waals surface area contributed by atoms with Crippen molar-refractivity contribution in [2.45, 2.75) is 17.6 Å². The summed E-state index contributed by atoms with van der Waals surface area (Å²) in [6.07, 6.45) is 1.72. The molecule has 4 heteroatoms. The fourth-order valence-electron chi connectivity index (χ4n) is 1.25. The third-order valence-corrected chi connectivity index (χ3v) is 3.30. The zero-order valence-corrected chi connectivity index (χ0v) is 9.14. The van der Waals surface area contributed by atoms with Gasteiger partial charge in [-0.2, -0.15) is 5.10 Å². The zero-order valence-electron chi connectivity index (χ0n) is 8.33. The predicted octanol–water partition coefficient (Wildman–Crippen LogP) is 3.15. The van der Waals surface area contributed by atoms with Crippen molar-refractivity contribution in [2.75, 3.05) is 0 Å². The molecule has 0 atom stereocenters. The van der Waals surface area contributed by atoms with Crippen molar-refractivity contribution in [2.24, 2.45) is 0 Å². The zero-order chi connectivity index (χ0) is 10.7. The van der Waals surface area contributed by atoms with Gasteiger partial charge in [0.25, 0.3) is 0 Å². The Morgan fingerprint density at radius 3 is 3.00 bits per heavy atom. The minimum Gasteiger partial charge on any atom is -0.282 e. The maximum atomic E-state index is 13.0. The molecule has 1 heterocycles. The number of thioether (sulfide) groups is 1. The summed E-state index contributed by atoms with van der Waals surface area (Å²) < 4.78 is 13.0. The van der Waals surface area contributed by atoms with Gasteiger partial charge < -0.3 is 0 Å². The van der Waals surface area contributed by atoms with E-state index in [4.69, 9.17) is 0 Å². The van der Waals surface area contributed by atoms with Crippen molar-refractivity contribution in [3.63, 3.8) is 0 Å². The predicted molar refractivity (Wildman–Crippen MR) is 59.3 cm³/mol. The average Bonchev–Trinajstić information content (AvgIpc) is 2.72. The molecule has 0 unspecified atom stereocenters. The first-order chi connectivity index (χ1) is 7.25. The number of H-pyrrole nitrogens is 1. The van der Waals surface area contributed by atoms with Gasteiger partial charge in [0.15, 0.2) is 0 Å². The monoisotopic (exact) mass is 222 g/mol. The lowest BCUT2D eigenvalue weighted by Crippen LogP contribution is -1.85. The number of hydrogen-bond donors (Lipinski definition) is 1. The Balaban J connectivity index is 2.07. The molecule has 0 aliphatic rings. The van der Waals surface area contributed by atoms with E-state index in [1.165, 1.54) is 6.07 Å². The van der Waals surface area contributed by atoms with E-state index in [1.807, 2.05) is 13.0 Å². The van der Waals surface area contributed by atoms with Gasteiger partial charge in [-0.25, -0.2) is 4.39 Å². The number of hydrogen-bond acceptors (Lipinski definition) is 2. The minimum absolute atomic E-state index is 0.187. The van der Waals surface area contributed by atoms with Gasteiger partial charge >= 0.3 is 0 Å². The van der Waals surface area contributed by atoms with Gasteiger partial charge in [0, 0.05) is 22.5 Å². The minimum atomic E-state index is -0.187. The highest BCUT2D eigenvalue weighted by Crippen LogP contribution is 2.25. The average molecular weight is 222 g/mol. The second kappa shape index (κ2) is 4.49. The molecular formula is C11H11FN2S. The van der Waals surface area contributed by atoms with Crippen molar-refractivity contribution in [3.8, 4) is 0 Å². The summed E-state index contributed by atoms with van der Waals surface area (Å²) in [5, 5.41) is 6.74. The van der Waals surface area contributed by atoms with E-state index in [0.717, 1.165) is 21.9 Å². The molecule has 2 rings (SSSR count). The molecule has 0 aliphatic heterocycles. The summed E-state index contributed by atoms with van der Waals surface area (Å²) >= 11 is 1.61. The van der Waals surface area contributed by atoms with E-state index < -0.39 is 0 Å². The maximum Gasteiger partial charge on any atom is 0.124 e. The van der Waals surface area contributed by atoms with Crippen LogP contribution in [0.25, 0.3) is 0 Å². The molecular weight excluding hydrogens is 211 g/mol. The second-order valence-electron chi connectivity index (χ2n) is 3.28. The number of nitrogens with one attached hydrogen (secondary N) is 1. The Hall–Kier alpha value is -1.29. The standard InChI is InChI=1S/C11H11FN2S/c1-8-2-3-9(12)6-11(8)15-7-10-4-5-13-14-10/h2-6H,7H2,1H3,(H,13,14). The molecule has 0 amide bonds. The molecule has 78 valence electrons. The first-order valence-corrected chi connectivity index (χ1v) is 5.61. The molecule has 0 saturated heterocycles. The van der Waals surface area contributed by atoms with Crippen LogP contribution in [0.5, 0.6) is 0 Å². The third-order valence-electron chi connectivity index (χ3n) is 2.09. The van der Waals surface area contributed by atoms with Gasteiger partial charge in [-0.15, -0.1) is 11.8 Å². The summed E-state index contributed by atoms with van der Waals surface area (Å²) in [6.45, 7) is 1.98. The first kappa shape index (κ1) is 10.2. The number of nitrogens with zero attached hydrogens (tertiary/aromatic N) is 1. The van der Waals surface area contributed by atoms with Crippen LogP contribution in [0.1, 0.15) is 11.3 Å². The number of benzene rings is 1.